The molecule has 0 aliphatic rings. The third-order valence-electron chi connectivity index (χ3n) is 1.67. The largest absolute Gasteiger partial charge is 0.393 e. The van der Waals surface area contributed by atoms with Gasteiger partial charge in [0.05, 0.1) is 23.6 Å². The summed E-state index contributed by atoms with van der Waals surface area (Å²) in [6, 6.07) is 0. The highest BCUT2D eigenvalue weighted by atomic mass is 32.1. The Morgan fingerprint density at radius 1 is 1.50 bits per heavy atom. The summed E-state index contributed by atoms with van der Waals surface area (Å²) in [5.41, 5.74) is 5.33. The third kappa shape index (κ3) is 5.88. The molecule has 4 nitrogen and oxygen atoms in total. The Balaban J connectivity index is 3.59. The zero-order chi connectivity index (χ0) is 11.1. The number of carbonyl (C=O) groups excluding carboxylic acids is 1. The van der Waals surface area contributed by atoms with Crippen molar-refractivity contribution in [2.45, 2.75) is 26.9 Å². The summed E-state index contributed by atoms with van der Waals surface area (Å²) < 4.78 is 5.25. The molecule has 14 heavy (non-hydrogen) atoms. The van der Waals surface area contributed by atoms with Gasteiger partial charge in [-0.1, -0.05) is 12.2 Å². The van der Waals surface area contributed by atoms with Crippen LogP contribution in [0.25, 0.3) is 0 Å². The number of ether oxygens (including phenoxy) is 1. The number of carbonyl (C=O) groups is 1. The van der Waals surface area contributed by atoms with E-state index in [0.717, 1.165) is 0 Å². The van der Waals surface area contributed by atoms with Gasteiger partial charge in [-0.3, -0.25) is 4.79 Å². The molecule has 1 unspecified atom stereocenters. The Bertz CT molecular complexity index is 207. The lowest BCUT2D eigenvalue weighted by Gasteiger charge is -2.11. The molecular weight excluding hydrogens is 200 g/mol. The van der Waals surface area contributed by atoms with Crippen LogP contribution in [0.4, 0.5) is 0 Å². The zero-order valence-corrected chi connectivity index (χ0v) is 9.69. The normalized spacial score (nSPS) is 12.6. The second-order valence-corrected chi connectivity index (χ2v) is 3.81. The van der Waals surface area contributed by atoms with Gasteiger partial charge in [-0.05, 0) is 20.8 Å². The van der Waals surface area contributed by atoms with Crippen LogP contribution in [0.2, 0.25) is 0 Å². The van der Waals surface area contributed by atoms with Crippen LogP contribution in [0.3, 0.4) is 0 Å². The quantitative estimate of drug-likeness (QED) is 0.502. The predicted molar refractivity (Wildman–Crippen MR) is 60.0 cm³/mol. The lowest BCUT2D eigenvalue weighted by atomic mass is 10.2. The number of thiocarbonyl (C=S) groups is 1. The van der Waals surface area contributed by atoms with Crippen molar-refractivity contribution in [2.75, 3.05) is 13.2 Å². The standard InChI is InChI=1S/C9H18N2O2S/c1-6(2)13-5-4-11-9(12)7(3)8(10)14/h6-7H,4-5H2,1-3H3,(H2,10,14)(H,11,12). The summed E-state index contributed by atoms with van der Waals surface area (Å²) in [6.07, 6.45) is 0.180. The summed E-state index contributed by atoms with van der Waals surface area (Å²) in [5.74, 6) is -0.561. The van der Waals surface area contributed by atoms with E-state index < -0.39 is 5.92 Å². The zero-order valence-electron chi connectivity index (χ0n) is 8.87. The second kappa shape index (κ2) is 6.73. The van der Waals surface area contributed by atoms with E-state index in [0.29, 0.717) is 13.2 Å². The fourth-order valence-corrected chi connectivity index (χ4v) is 0.858. The Labute approximate surface area is 90.2 Å². The second-order valence-electron chi connectivity index (χ2n) is 3.33. The molecule has 0 aromatic heterocycles. The molecule has 0 spiro atoms. The van der Waals surface area contributed by atoms with Gasteiger partial charge in [0, 0.05) is 6.54 Å². The molecule has 0 aromatic rings. The molecule has 0 bridgehead atoms. The van der Waals surface area contributed by atoms with Crippen molar-refractivity contribution < 1.29 is 9.53 Å². The first-order valence-corrected chi connectivity index (χ1v) is 5.04. The smallest absolute Gasteiger partial charge is 0.229 e. The highest BCUT2D eigenvalue weighted by Gasteiger charge is 2.14. The van der Waals surface area contributed by atoms with E-state index in [1.54, 1.807) is 6.92 Å². The average Bonchev–Trinajstić information content (AvgIpc) is 2.10. The number of hydrogen-bond acceptors (Lipinski definition) is 3. The van der Waals surface area contributed by atoms with Crippen LogP contribution >= 0.6 is 12.2 Å². The van der Waals surface area contributed by atoms with Crippen LogP contribution < -0.4 is 11.1 Å². The maximum Gasteiger partial charge on any atom is 0.229 e. The van der Waals surface area contributed by atoms with Gasteiger partial charge in [-0.2, -0.15) is 0 Å². The molecule has 82 valence electrons. The molecule has 0 rings (SSSR count). The topological polar surface area (TPSA) is 64.3 Å². The fraction of sp³-hybridized carbons (Fsp3) is 0.778. The molecule has 0 saturated carbocycles. The van der Waals surface area contributed by atoms with Gasteiger partial charge in [-0.25, -0.2) is 0 Å². The Morgan fingerprint density at radius 2 is 2.07 bits per heavy atom. The first-order valence-electron chi connectivity index (χ1n) is 4.63. The molecule has 0 aromatic carbocycles. The van der Waals surface area contributed by atoms with Crippen LogP contribution in [0.5, 0.6) is 0 Å². The van der Waals surface area contributed by atoms with Crippen molar-refractivity contribution in [3.8, 4) is 0 Å². The van der Waals surface area contributed by atoms with Crippen LogP contribution in [0, 0.1) is 5.92 Å². The first-order chi connectivity index (χ1) is 6.45. The van der Waals surface area contributed by atoms with E-state index >= 15 is 0 Å². The van der Waals surface area contributed by atoms with Crippen molar-refractivity contribution in [2.24, 2.45) is 11.7 Å². The third-order valence-corrected chi connectivity index (χ3v) is 2.03. The minimum atomic E-state index is -0.413. The van der Waals surface area contributed by atoms with Gasteiger partial charge in [0.1, 0.15) is 0 Å². The molecule has 0 aliphatic heterocycles. The van der Waals surface area contributed by atoms with Crippen molar-refractivity contribution in [3.63, 3.8) is 0 Å². The highest BCUT2D eigenvalue weighted by molar-refractivity contribution is 7.80. The summed E-state index contributed by atoms with van der Waals surface area (Å²) in [7, 11) is 0. The van der Waals surface area contributed by atoms with Crippen molar-refractivity contribution in [1.82, 2.24) is 5.32 Å². The minimum Gasteiger partial charge on any atom is -0.393 e. The van der Waals surface area contributed by atoms with Crippen molar-refractivity contribution in [3.05, 3.63) is 0 Å². The van der Waals surface area contributed by atoms with Crippen LogP contribution in [-0.4, -0.2) is 30.2 Å². The van der Waals surface area contributed by atoms with E-state index in [9.17, 15) is 4.79 Å². The fourth-order valence-electron chi connectivity index (χ4n) is 0.751. The molecule has 0 heterocycles. The molecule has 1 atom stereocenters. The lowest BCUT2D eigenvalue weighted by Crippen LogP contribution is -2.37. The van der Waals surface area contributed by atoms with E-state index in [1.807, 2.05) is 13.8 Å². The SMILES string of the molecule is CC(C)OCCNC(=O)C(C)C(N)=S. The first kappa shape index (κ1) is 13.3. The molecule has 0 saturated heterocycles. The Kier molecular flexibility index (Phi) is 6.40. The minimum absolute atomic E-state index is 0.148. The van der Waals surface area contributed by atoms with E-state index in [1.165, 1.54) is 0 Å². The van der Waals surface area contributed by atoms with Gasteiger partial charge in [-0.15, -0.1) is 0 Å². The Hall–Kier alpha value is -0.680. The molecule has 0 aliphatic carbocycles. The number of hydrogen-bond donors (Lipinski definition) is 2. The Morgan fingerprint density at radius 3 is 2.50 bits per heavy atom. The number of amides is 1. The van der Waals surface area contributed by atoms with Gasteiger partial charge < -0.3 is 15.8 Å². The van der Waals surface area contributed by atoms with Crippen molar-refractivity contribution in [1.29, 1.82) is 0 Å². The molecule has 3 N–H and O–H groups in total. The van der Waals surface area contributed by atoms with Gasteiger partial charge in [0.25, 0.3) is 0 Å². The van der Waals surface area contributed by atoms with Crippen LogP contribution in [0.15, 0.2) is 0 Å². The average molecular weight is 218 g/mol. The maximum atomic E-state index is 11.3. The molecule has 0 fully saturated rings. The van der Waals surface area contributed by atoms with E-state index in [4.69, 9.17) is 22.7 Å². The number of nitrogens with one attached hydrogen (secondary N) is 1. The molecule has 1 amide bonds. The monoisotopic (exact) mass is 218 g/mol. The van der Waals surface area contributed by atoms with Crippen LogP contribution in [0.1, 0.15) is 20.8 Å². The van der Waals surface area contributed by atoms with E-state index in [2.05, 4.69) is 5.32 Å². The van der Waals surface area contributed by atoms with Crippen LogP contribution in [-0.2, 0) is 9.53 Å². The summed E-state index contributed by atoms with van der Waals surface area (Å²) in [5, 5.41) is 2.69. The molecule has 0 radical (unpaired) electrons. The maximum absolute atomic E-state index is 11.3. The summed E-state index contributed by atoms with van der Waals surface area (Å²) in [6.45, 7) is 6.57. The summed E-state index contributed by atoms with van der Waals surface area (Å²) in [4.78, 5) is 11.5. The van der Waals surface area contributed by atoms with Gasteiger partial charge >= 0.3 is 0 Å². The molecular formula is C9H18N2O2S. The van der Waals surface area contributed by atoms with E-state index in [-0.39, 0.29) is 17.0 Å². The lowest BCUT2D eigenvalue weighted by molar-refractivity contribution is -0.122. The summed E-state index contributed by atoms with van der Waals surface area (Å²) >= 11 is 4.70. The number of rotatable bonds is 6. The number of nitrogens with two attached hydrogens (primary N) is 1. The van der Waals surface area contributed by atoms with Gasteiger partial charge in [0.15, 0.2) is 0 Å². The van der Waals surface area contributed by atoms with Gasteiger partial charge in [0.2, 0.25) is 5.91 Å². The highest BCUT2D eigenvalue weighted by Crippen LogP contribution is 1.94. The van der Waals surface area contributed by atoms with Crippen molar-refractivity contribution >= 4 is 23.1 Å². The predicted octanol–water partition coefficient (Wildman–Crippen LogP) is 0.450. The molecule has 5 heteroatoms.